The molecule has 4 heteroatoms. The largest absolute Gasteiger partial charge is 0.367 e. The Labute approximate surface area is 322 Å². The zero-order valence-corrected chi connectivity index (χ0v) is 33.6. The maximum atomic E-state index is 5.52. The number of nitrogens with zero attached hydrogens (tertiary/aromatic N) is 3. The van der Waals surface area contributed by atoms with Crippen molar-refractivity contribution >= 4 is 51.7 Å². The molecule has 1 atom stereocenters. The SMILES string of the molecule is C=NC1=C(/C(=N\Cc2cc(N3C/C=C\C=C/CC/C=C4C(C)=C(/C=C\C)C(C)(C)C/4C3)cc3c(=C/C)/c(=C\CC)sc23)C2=CCCC=C2)C=CCC=C1. The van der Waals surface area contributed by atoms with Gasteiger partial charge in [0.15, 0.2) is 0 Å². The second kappa shape index (κ2) is 17.5. The first-order valence-electron chi connectivity index (χ1n) is 19.6. The van der Waals surface area contributed by atoms with Gasteiger partial charge in [0.2, 0.25) is 0 Å². The van der Waals surface area contributed by atoms with Crippen LogP contribution in [0.15, 0.2) is 141 Å². The fraction of sp³-hybridized carbons (Fsp3) is 0.347. The predicted octanol–water partition coefficient (Wildman–Crippen LogP) is 11.8. The van der Waals surface area contributed by atoms with Crippen LogP contribution in [-0.4, -0.2) is 25.5 Å². The number of thiophene rings is 1. The van der Waals surface area contributed by atoms with Gasteiger partial charge in [0, 0.05) is 44.9 Å². The molecule has 0 N–H and O–H groups in total. The van der Waals surface area contributed by atoms with Gasteiger partial charge in [-0.25, -0.2) is 0 Å². The quantitative estimate of drug-likeness (QED) is 0.250. The molecule has 0 bridgehead atoms. The van der Waals surface area contributed by atoms with E-state index in [4.69, 9.17) is 4.99 Å². The molecule has 3 nitrogen and oxygen atoms in total. The minimum absolute atomic E-state index is 0.0109. The summed E-state index contributed by atoms with van der Waals surface area (Å²) in [4.78, 5) is 12.6. The van der Waals surface area contributed by atoms with E-state index in [1.165, 1.54) is 47.8 Å². The van der Waals surface area contributed by atoms with Gasteiger partial charge in [-0.05, 0) is 123 Å². The average Bonchev–Trinajstić information content (AvgIpc) is 3.44. The first kappa shape index (κ1) is 38.2. The molecule has 0 saturated heterocycles. The van der Waals surface area contributed by atoms with Gasteiger partial charge in [0.25, 0.3) is 0 Å². The average molecular weight is 720 g/mol. The van der Waals surface area contributed by atoms with Crippen molar-refractivity contribution in [1.82, 2.24) is 0 Å². The second-order valence-corrected chi connectivity index (χ2v) is 15.9. The molecule has 274 valence electrons. The molecule has 0 amide bonds. The van der Waals surface area contributed by atoms with E-state index in [0.29, 0.717) is 12.5 Å². The van der Waals surface area contributed by atoms with Crippen LogP contribution in [-0.2, 0) is 6.54 Å². The normalized spacial score (nSPS) is 23.9. The van der Waals surface area contributed by atoms with Crippen molar-refractivity contribution < 1.29 is 0 Å². The molecule has 0 fully saturated rings. The molecule has 0 spiro atoms. The predicted molar refractivity (Wildman–Crippen MR) is 236 cm³/mol. The van der Waals surface area contributed by atoms with Crippen molar-refractivity contribution in [3.8, 4) is 0 Å². The Morgan fingerprint density at radius 2 is 1.77 bits per heavy atom. The number of anilines is 1. The van der Waals surface area contributed by atoms with Gasteiger partial charge in [0.1, 0.15) is 0 Å². The van der Waals surface area contributed by atoms with Gasteiger partial charge in [-0.15, -0.1) is 11.3 Å². The van der Waals surface area contributed by atoms with E-state index >= 15 is 0 Å². The molecule has 2 aromatic rings. The maximum absolute atomic E-state index is 5.52. The molecule has 0 radical (unpaired) electrons. The Balaban J connectivity index is 1.54. The van der Waals surface area contributed by atoms with Gasteiger partial charge < -0.3 is 4.90 Å². The van der Waals surface area contributed by atoms with Crippen molar-refractivity contribution in [1.29, 1.82) is 0 Å². The van der Waals surface area contributed by atoms with Crippen molar-refractivity contribution in [3.05, 3.63) is 146 Å². The zero-order valence-electron chi connectivity index (χ0n) is 32.8. The summed E-state index contributed by atoms with van der Waals surface area (Å²) in [6.07, 6.45) is 42.4. The molecule has 1 aliphatic heterocycles. The highest BCUT2D eigenvalue weighted by atomic mass is 32.1. The van der Waals surface area contributed by atoms with Gasteiger partial charge in [0.05, 0.1) is 18.0 Å². The lowest BCUT2D eigenvalue weighted by atomic mass is 9.75. The van der Waals surface area contributed by atoms with Crippen molar-refractivity contribution in [2.24, 2.45) is 21.3 Å². The van der Waals surface area contributed by atoms with Crippen LogP contribution in [0.2, 0.25) is 0 Å². The van der Waals surface area contributed by atoms with Crippen LogP contribution >= 0.6 is 11.3 Å². The Morgan fingerprint density at radius 1 is 0.981 bits per heavy atom. The van der Waals surface area contributed by atoms with Crippen molar-refractivity contribution in [2.45, 2.75) is 86.6 Å². The molecule has 2 heterocycles. The number of fused-ring (bicyclic) bond motifs is 2. The van der Waals surface area contributed by atoms with Crippen LogP contribution in [0.1, 0.15) is 85.6 Å². The maximum Gasteiger partial charge on any atom is 0.0741 e. The fourth-order valence-electron chi connectivity index (χ4n) is 8.35. The van der Waals surface area contributed by atoms with E-state index in [9.17, 15) is 0 Å². The topological polar surface area (TPSA) is 28.0 Å². The smallest absolute Gasteiger partial charge is 0.0741 e. The lowest BCUT2D eigenvalue weighted by Gasteiger charge is -2.36. The number of hydrogen-bond acceptors (Lipinski definition) is 4. The zero-order chi connectivity index (χ0) is 37.4. The van der Waals surface area contributed by atoms with Crippen LogP contribution in [0.5, 0.6) is 0 Å². The van der Waals surface area contributed by atoms with Crippen LogP contribution < -0.4 is 14.7 Å². The molecule has 0 saturated carbocycles. The highest BCUT2D eigenvalue weighted by Crippen LogP contribution is 2.51. The molecule has 3 aliphatic carbocycles. The summed E-state index contributed by atoms with van der Waals surface area (Å²) >= 11 is 1.91. The summed E-state index contributed by atoms with van der Waals surface area (Å²) in [6, 6.07) is 4.90. The first-order chi connectivity index (χ1) is 25.8. The number of aliphatic imine (C=N–C) groups is 2. The van der Waals surface area contributed by atoms with Gasteiger partial charge >= 0.3 is 0 Å². The molecule has 4 aliphatic rings. The summed E-state index contributed by atoms with van der Waals surface area (Å²) in [7, 11) is 0. The lowest BCUT2D eigenvalue weighted by Crippen LogP contribution is -2.36. The number of rotatable bonds is 8. The van der Waals surface area contributed by atoms with E-state index in [1.54, 1.807) is 0 Å². The van der Waals surface area contributed by atoms with Gasteiger partial charge in [-0.2, -0.15) is 0 Å². The minimum atomic E-state index is 0.0109. The highest BCUT2D eigenvalue weighted by molar-refractivity contribution is 7.17. The van der Waals surface area contributed by atoms with Crippen LogP contribution in [0, 0.1) is 11.3 Å². The van der Waals surface area contributed by atoms with Crippen LogP contribution in [0.25, 0.3) is 22.2 Å². The molecular formula is C49H57N3S. The lowest BCUT2D eigenvalue weighted by molar-refractivity contribution is 0.337. The molecule has 1 aromatic heterocycles. The Kier molecular flexibility index (Phi) is 12.6. The Bertz CT molecular complexity index is 2190. The summed E-state index contributed by atoms with van der Waals surface area (Å²) in [6.45, 7) is 20.1. The van der Waals surface area contributed by atoms with Gasteiger partial charge in [-0.1, -0.05) is 112 Å². The Morgan fingerprint density at radius 3 is 2.53 bits per heavy atom. The van der Waals surface area contributed by atoms with E-state index in [-0.39, 0.29) is 5.41 Å². The van der Waals surface area contributed by atoms with Gasteiger partial charge in [-0.3, -0.25) is 9.98 Å². The van der Waals surface area contributed by atoms with Crippen LogP contribution in [0.3, 0.4) is 0 Å². The standard InChI is InChI=1S/C49H57N3S/c1-8-23-43-35(4)40-27-19-13-11-12-14-22-30-52(34-44(40)49(43,5)6)38-31-37(48-42(32-38)39(10-3)46(53-48)24-9-2)33-51-47(36-25-17-15-18-26-36)41-28-20-16-21-29-45(41)50-7/h8,10-12,14,17,20-29,31-32,44H,7,9,13,15-16,18-19,30,33-34H2,1-6H3/b12-11-,22-14-,23-8-,39-10-,40-27-,46-24+,51-47-. The summed E-state index contributed by atoms with van der Waals surface area (Å²) < 4.78 is 2.67. The van der Waals surface area contributed by atoms with Crippen molar-refractivity contribution in [2.75, 3.05) is 18.0 Å². The molecule has 6 rings (SSSR count). The van der Waals surface area contributed by atoms with Crippen LogP contribution in [0.4, 0.5) is 5.69 Å². The third-order valence-electron chi connectivity index (χ3n) is 11.1. The number of hydrogen-bond donors (Lipinski definition) is 0. The van der Waals surface area contributed by atoms with Crippen molar-refractivity contribution in [3.63, 3.8) is 0 Å². The Hall–Kier alpha value is -4.54. The fourth-order valence-corrected chi connectivity index (χ4v) is 9.70. The molecular weight excluding hydrogens is 663 g/mol. The van der Waals surface area contributed by atoms with E-state index < -0.39 is 0 Å². The van der Waals surface area contributed by atoms with E-state index in [2.05, 4.69) is 168 Å². The van der Waals surface area contributed by atoms with E-state index in [0.717, 1.165) is 74.2 Å². The van der Waals surface area contributed by atoms with E-state index in [1.807, 2.05) is 11.3 Å². The highest BCUT2D eigenvalue weighted by Gasteiger charge is 2.42. The second-order valence-electron chi connectivity index (χ2n) is 14.9. The molecule has 53 heavy (non-hydrogen) atoms. The molecule has 1 aromatic carbocycles. The minimum Gasteiger partial charge on any atom is -0.367 e. The summed E-state index contributed by atoms with van der Waals surface area (Å²) in [5.74, 6) is 0.370. The molecule has 1 unspecified atom stereocenters. The third kappa shape index (κ3) is 8.19. The third-order valence-corrected chi connectivity index (χ3v) is 12.4. The summed E-state index contributed by atoms with van der Waals surface area (Å²) in [5.41, 5.74) is 11.0. The summed E-state index contributed by atoms with van der Waals surface area (Å²) in [5, 5.41) is 2.65. The number of allylic oxidation sites excluding steroid dienone is 17. The number of benzene rings is 1. The first-order valence-corrected chi connectivity index (χ1v) is 20.4. The monoisotopic (exact) mass is 719 g/mol.